The van der Waals surface area contributed by atoms with Crippen LogP contribution in [0.2, 0.25) is 0 Å². The van der Waals surface area contributed by atoms with Crippen molar-refractivity contribution in [2.45, 2.75) is 82.0 Å². The van der Waals surface area contributed by atoms with Crippen LogP contribution in [-0.2, 0) is 20.7 Å². The number of nitrogens with zero attached hydrogens (tertiary/aromatic N) is 3. The van der Waals surface area contributed by atoms with Crippen molar-refractivity contribution in [3.63, 3.8) is 0 Å². The van der Waals surface area contributed by atoms with Gasteiger partial charge in [-0.25, -0.2) is 4.79 Å². The van der Waals surface area contributed by atoms with Gasteiger partial charge in [0.25, 0.3) is 5.91 Å². The monoisotopic (exact) mass is 538 g/mol. The van der Waals surface area contributed by atoms with E-state index in [4.69, 9.17) is 9.47 Å². The van der Waals surface area contributed by atoms with Gasteiger partial charge in [-0.2, -0.15) is 5.26 Å². The van der Waals surface area contributed by atoms with E-state index in [0.29, 0.717) is 32.5 Å². The average Bonchev–Trinajstić information content (AvgIpc) is 3.46. The molecule has 0 spiro atoms. The van der Waals surface area contributed by atoms with Crippen molar-refractivity contribution in [2.75, 3.05) is 26.3 Å². The third kappa shape index (κ3) is 6.64. The minimum absolute atomic E-state index is 0.00229. The predicted octanol–water partition coefficient (Wildman–Crippen LogP) is 1.81. The van der Waals surface area contributed by atoms with E-state index >= 15 is 0 Å². The Bertz CT molecular complexity index is 1100. The van der Waals surface area contributed by atoms with E-state index in [2.05, 4.69) is 16.3 Å². The Kier molecular flexibility index (Phi) is 9.02. The van der Waals surface area contributed by atoms with Gasteiger partial charge in [0.1, 0.15) is 18.2 Å². The first-order valence-corrected chi connectivity index (χ1v) is 13.7. The summed E-state index contributed by atoms with van der Waals surface area (Å²) in [6.45, 7) is 8.01. The largest absolute Gasteiger partial charge is 0.475 e. The smallest absolute Gasteiger partial charge is 0.447 e. The second-order valence-corrected chi connectivity index (χ2v) is 11.5. The van der Waals surface area contributed by atoms with E-state index in [9.17, 15) is 24.9 Å². The number of amides is 2. The average molecular weight is 538 g/mol. The van der Waals surface area contributed by atoms with Crippen LogP contribution in [0.3, 0.4) is 0 Å². The molecule has 3 saturated heterocycles. The topological polar surface area (TPSA) is 135 Å². The number of hydrogen-bond acceptors (Lipinski definition) is 8. The van der Waals surface area contributed by atoms with Gasteiger partial charge in [0.05, 0.1) is 24.2 Å². The highest BCUT2D eigenvalue weighted by Crippen LogP contribution is 2.47. The molecule has 3 fully saturated rings. The molecule has 0 aromatic heterocycles. The standard InChI is InChI=1S/C28H39BN4O6/c1-20-18-32(13-14-38-20)27(2,3)16-22(17-30)25(34)33-23-9-11-28(33,12-10-23)19-39-26(35)31-24(29(36)37)15-21-7-5-4-6-8-21/h4-8,16,20,23-24,36-37H,9-15,18-19H2,1-3H3,(H,31,35)/b22-16+/t20-,23?,24-,28?/m0/s1. The number of fused-ring (bicyclic) bond motifs is 2. The Morgan fingerprint density at radius 2 is 2.00 bits per heavy atom. The van der Waals surface area contributed by atoms with Crippen LogP contribution in [-0.4, -0.2) is 94.4 Å². The number of benzene rings is 1. The summed E-state index contributed by atoms with van der Waals surface area (Å²) in [6, 6.07) is 11.3. The summed E-state index contributed by atoms with van der Waals surface area (Å²) in [6.07, 6.45) is 4.19. The van der Waals surface area contributed by atoms with Gasteiger partial charge in [-0.05, 0) is 64.5 Å². The van der Waals surface area contributed by atoms with Crippen LogP contribution in [0.1, 0.15) is 52.0 Å². The van der Waals surface area contributed by atoms with Gasteiger partial charge in [0.2, 0.25) is 0 Å². The second kappa shape index (κ2) is 12.1. The normalized spacial score (nSPS) is 26.2. The quantitative estimate of drug-likeness (QED) is 0.246. The molecule has 11 heteroatoms. The van der Waals surface area contributed by atoms with Crippen LogP contribution in [0, 0.1) is 11.3 Å². The Balaban J connectivity index is 1.43. The maximum absolute atomic E-state index is 13.8. The summed E-state index contributed by atoms with van der Waals surface area (Å²) in [5.41, 5.74) is -0.265. The van der Waals surface area contributed by atoms with Gasteiger partial charge >= 0.3 is 13.2 Å². The summed E-state index contributed by atoms with van der Waals surface area (Å²) < 4.78 is 11.2. The number of ether oxygens (including phenoxy) is 2. The van der Waals surface area contributed by atoms with E-state index in [1.165, 1.54) is 0 Å². The van der Waals surface area contributed by atoms with Crippen molar-refractivity contribution in [2.24, 2.45) is 0 Å². The molecule has 1 aromatic carbocycles. The molecule has 0 saturated carbocycles. The Hall–Kier alpha value is -2.91. The van der Waals surface area contributed by atoms with Crippen LogP contribution in [0.25, 0.3) is 0 Å². The fraction of sp³-hybridized carbons (Fsp3) is 0.607. The van der Waals surface area contributed by atoms with Gasteiger partial charge in [-0.1, -0.05) is 30.3 Å². The van der Waals surface area contributed by atoms with Crippen molar-refractivity contribution in [1.82, 2.24) is 15.1 Å². The maximum atomic E-state index is 13.8. The van der Waals surface area contributed by atoms with Crippen molar-refractivity contribution in [3.8, 4) is 6.07 Å². The van der Waals surface area contributed by atoms with E-state index < -0.39 is 30.2 Å². The molecule has 2 bridgehead atoms. The molecule has 0 radical (unpaired) electrons. The van der Waals surface area contributed by atoms with Crippen molar-refractivity contribution < 1.29 is 29.1 Å². The number of carbonyl (C=O) groups is 2. The number of carbonyl (C=O) groups excluding carboxylic acids is 2. The van der Waals surface area contributed by atoms with E-state index in [0.717, 1.165) is 18.4 Å². The highest BCUT2D eigenvalue weighted by molar-refractivity contribution is 6.43. The first-order valence-electron chi connectivity index (χ1n) is 13.7. The first-order chi connectivity index (χ1) is 18.5. The summed E-state index contributed by atoms with van der Waals surface area (Å²) in [4.78, 5) is 30.4. The molecule has 2 atom stereocenters. The number of alkyl carbamates (subject to hydrolysis) is 1. The molecule has 39 heavy (non-hydrogen) atoms. The molecule has 210 valence electrons. The fourth-order valence-electron chi connectivity index (χ4n) is 6.17. The molecule has 3 heterocycles. The molecule has 4 rings (SSSR count). The zero-order valence-corrected chi connectivity index (χ0v) is 23.0. The number of nitrogens with one attached hydrogen (secondary N) is 1. The molecular weight excluding hydrogens is 499 g/mol. The Morgan fingerprint density at radius 1 is 1.31 bits per heavy atom. The lowest BCUT2D eigenvalue weighted by molar-refractivity contribution is -0.132. The number of hydrogen-bond donors (Lipinski definition) is 3. The van der Waals surface area contributed by atoms with Crippen LogP contribution in [0.15, 0.2) is 42.0 Å². The molecule has 3 N–H and O–H groups in total. The summed E-state index contributed by atoms with van der Waals surface area (Å²) in [5, 5.41) is 32.1. The summed E-state index contributed by atoms with van der Waals surface area (Å²) in [5.74, 6) is -1.28. The van der Waals surface area contributed by atoms with Crippen molar-refractivity contribution >= 4 is 19.1 Å². The molecular formula is C28H39BN4O6. The fourth-order valence-corrected chi connectivity index (χ4v) is 6.17. The molecule has 10 nitrogen and oxygen atoms in total. The summed E-state index contributed by atoms with van der Waals surface area (Å²) >= 11 is 0. The van der Waals surface area contributed by atoms with Gasteiger partial charge in [0, 0.05) is 24.7 Å². The first kappa shape index (κ1) is 29.1. The van der Waals surface area contributed by atoms with E-state index in [-0.39, 0.29) is 36.7 Å². The highest BCUT2D eigenvalue weighted by atomic mass is 16.6. The summed E-state index contributed by atoms with van der Waals surface area (Å²) in [7, 11) is -1.77. The number of rotatable bonds is 9. The molecule has 3 aliphatic heterocycles. The Labute approximate surface area is 230 Å². The van der Waals surface area contributed by atoms with Crippen molar-refractivity contribution in [3.05, 3.63) is 47.5 Å². The third-order valence-electron chi connectivity index (χ3n) is 8.32. The van der Waals surface area contributed by atoms with Gasteiger partial charge in [0.15, 0.2) is 0 Å². The lowest BCUT2D eigenvalue weighted by atomic mass is 9.76. The third-order valence-corrected chi connectivity index (χ3v) is 8.32. The minimum atomic E-state index is -1.77. The Morgan fingerprint density at radius 3 is 2.62 bits per heavy atom. The zero-order valence-electron chi connectivity index (χ0n) is 23.0. The molecule has 0 unspecified atom stereocenters. The molecule has 2 amide bonds. The van der Waals surface area contributed by atoms with Gasteiger partial charge < -0.3 is 29.7 Å². The van der Waals surface area contributed by atoms with E-state index in [1.807, 2.05) is 51.1 Å². The van der Waals surface area contributed by atoms with Gasteiger partial charge in [-0.3, -0.25) is 9.69 Å². The zero-order chi connectivity index (χ0) is 28.2. The number of morpholine rings is 1. The predicted molar refractivity (Wildman–Crippen MR) is 145 cm³/mol. The van der Waals surface area contributed by atoms with Crippen molar-refractivity contribution in [1.29, 1.82) is 5.26 Å². The SMILES string of the molecule is C[C@H]1CN(C(C)(C)/C=C(\C#N)C(=O)N2C3CCC2(COC(=O)N[C@@H](Cc2ccccc2)B(O)O)CC3)CCO1. The molecule has 1 aromatic rings. The minimum Gasteiger partial charge on any atom is -0.447 e. The number of nitriles is 1. The van der Waals surface area contributed by atoms with Crippen LogP contribution in [0.4, 0.5) is 4.79 Å². The second-order valence-electron chi connectivity index (χ2n) is 11.5. The maximum Gasteiger partial charge on any atom is 0.475 e. The van der Waals surface area contributed by atoms with Gasteiger partial charge in [-0.15, -0.1) is 0 Å². The molecule has 0 aliphatic carbocycles. The lowest BCUT2D eigenvalue weighted by Gasteiger charge is -2.41. The highest BCUT2D eigenvalue weighted by Gasteiger charge is 2.55. The molecule has 3 aliphatic rings. The van der Waals surface area contributed by atoms with Crippen LogP contribution >= 0.6 is 0 Å². The van der Waals surface area contributed by atoms with Crippen LogP contribution in [0.5, 0.6) is 0 Å². The van der Waals surface area contributed by atoms with E-state index in [1.54, 1.807) is 11.0 Å². The lowest BCUT2D eigenvalue weighted by Crippen LogP contribution is -2.53. The van der Waals surface area contributed by atoms with Crippen LogP contribution < -0.4 is 5.32 Å².